The van der Waals surface area contributed by atoms with E-state index in [4.69, 9.17) is 21.1 Å². The van der Waals surface area contributed by atoms with Gasteiger partial charge in [0.1, 0.15) is 11.5 Å². The van der Waals surface area contributed by atoms with Gasteiger partial charge in [0.25, 0.3) is 0 Å². The molecule has 0 spiro atoms. The van der Waals surface area contributed by atoms with E-state index < -0.39 is 0 Å². The van der Waals surface area contributed by atoms with Gasteiger partial charge in [0.15, 0.2) is 0 Å². The van der Waals surface area contributed by atoms with Crippen molar-refractivity contribution in [2.75, 3.05) is 14.2 Å². The minimum absolute atomic E-state index is 0.718. The van der Waals surface area contributed by atoms with Crippen molar-refractivity contribution in [1.82, 2.24) is 0 Å². The molecule has 4 heteroatoms. The Labute approximate surface area is 116 Å². The summed E-state index contributed by atoms with van der Waals surface area (Å²) >= 11 is 7.70. The fourth-order valence-corrected chi connectivity index (χ4v) is 2.84. The van der Waals surface area contributed by atoms with E-state index in [1.54, 1.807) is 14.2 Å². The van der Waals surface area contributed by atoms with Gasteiger partial charge in [-0.25, -0.2) is 0 Å². The van der Waals surface area contributed by atoms with Crippen LogP contribution in [0.1, 0.15) is 0 Å². The normalized spacial score (nSPS) is 10.2. The van der Waals surface area contributed by atoms with Crippen LogP contribution in [0, 0.1) is 0 Å². The van der Waals surface area contributed by atoms with Crippen LogP contribution in [0.15, 0.2) is 52.3 Å². The number of rotatable bonds is 4. The predicted octanol–water partition coefficient (Wildman–Crippen LogP) is 4.51. The van der Waals surface area contributed by atoms with E-state index in [0.717, 1.165) is 26.3 Å². The van der Waals surface area contributed by atoms with E-state index in [0.29, 0.717) is 0 Å². The third-order valence-electron chi connectivity index (χ3n) is 2.43. The number of hydrogen-bond donors (Lipinski definition) is 0. The van der Waals surface area contributed by atoms with Crippen LogP contribution in [0.2, 0.25) is 5.02 Å². The average Bonchev–Trinajstić information content (AvgIpc) is 2.41. The Hall–Kier alpha value is -1.32. The minimum atomic E-state index is 0.718. The van der Waals surface area contributed by atoms with E-state index >= 15 is 0 Å². The van der Waals surface area contributed by atoms with Crippen LogP contribution >= 0.6 is 23.4 Å². The molecule has 0 unspecified atom stereocenters. The van der Waals surface area contributed by atoms with E-state index in [1.165, 1.54) is 11.8 Å². The first-order chi connectivity index (χ1) is 8.76. The maximum absolute atomic E-state index is 6.16. The highest BCUT2D eigenvalue weighted by Crippen LogP contribution is 2.43. The van der Waals surface area contributed by atoms with E-state index in [9.17, 15) is 0 Å². The molecule has 0 aliphatic rings. The fraction of sp³-hybridized carbons (Fsp3) is 0.143. The number of methoxy groups -OCH3 is 2. The van der Waals surface area contributed by atoms with Gasteiger partial charge < -0.3 is 9.47 Å². The summed E-state index contributed by atoms with van der Waals surface area (Å²) in [7, 11) is 3.29. The topological polar surface area (TPSA) is 18.5 Å². The number of benzene rings is 2. The molecule has 0 radical (unpaired) electrons. The number of ether oxygens (including phenoxy) is 2. The standard InChI is InChI=1S/C14H13ClO2S/c1-16-11-7-5-8-12(17-2)14(11)18-13-9-4-3-6-10(13)15/h3-9H,1-2H3. The molecule has 0 atom stereocenters. The van der Waals surface area contributed by atoms with Crippen LogP contribution in [-0.2, 0) is 0 Å². The molecule has 2 rings (SSSR count). The zero-order valence-corrected chi connectivity index (χ0v) is 11.7. The molecule has 0 N–H and O–H groups in total. The highest BCUT2D eigenvalue weighted by molar-refractivity contribution is 7.99. The van der Waals surface area contributed by atoms with Crippen molar-refractivity contribution in [2.45, 2.75) is 9.79 Å². The van der Waals surface area contributed by atoms with Crippen LogP contribution < -0.4 is 9.47 Å². The Morgan fingerprint density at radius 1 is 0.889 bits per heavy atom. The molecule has 0 aliphatic carbocycles. The monoisotopic (exact) mass is 280 g/mol. The highest BCUT2D eigenvalue weighted by atomic mass is 35.5. The van der Waals surface area contributed by atoms with Crippen molar-refractivity contribution in [3.05, 3.63) is 47.5 Å². The Morgan fingerprint density at radius 3 is 2.06 bits per heavy atom. The predicted molar refractivity (Wildman–Crippen MR) is 75.1 cm³/mol. The Morgan fingerprint density at radius 2 is 1.50 bits per heavy atom. The summed E-state index contributed by atoms with van der Waals surface area (Å²) in [5, 5.41) is 0.718. The lowest BCUT2D eigenvalue weighted by atomic mass is 10.3. The zero-order valence-electron chi connectivity index (χ0n) is 10.1. The van der Waals surface area contributed by atoms with Crippen LogP contribution in [0.25, 0.3) is 0 Å². The lowest BCUT2D eigenvalue weighted by Crippen LogP contribution is -1.91. The first-order valence-electron chi connectivity index (χ1n) is 5.39. The molecular weight excluding hydrogens is 268 g/mol. The molecule has 0 saturated carbocycles. The molecule has 2 aromatic rings. The smallest absolute Gasteiger partial charge is 0.136 e. The maximum Gasteiger partial charge on any atom is 0.136 e. The molecule has 0 saturated heterocycles. The summed E-state index contributed by atoms with van der Waals surface area (Å²) < 4.78 is 10.7. The van der Waals surface area contributed by atoms with Gasteiger partial charge in [-0.3, -0.25) is 0 Å². The summed E-state index contributed by atoms with van der Waals surface area (Å²) in [6.45, 7) is 0. The Bertz CT molecular complexity index is 521. The Balaban J connectivity index is 2.42. The molecule has 0 heterocycles. The minimum Gasteiger partial charge on any atom is -0.495 e. The van der Waals surface area contributed by atoms with Crippen LogP contribution in [0.3, 0.4) is 0 Å². The van der Waals surface area contributed by atoms with E-state index in [1.807, 2.05) is 42.5 Å². The largest absolute Gasteiger partial charge is 0.495 e. The summed E-state index contributed by atoms with van der Waals surface area (Å²) in [5.41, 5.74) is 0. The molecule has 0 fully saturated rings. The summed E-state index contributed by atoms with van der Waals surface area (Å²) in [5.74, 6) is 1.55. The zero-order chi connectivity index (χ0) is 13.0. The van der Waals surface area contributed by atoms with Gasteiger partial charge in [0, 0.05) is 4.90 Å². The number of halogens is 1. The Kier molecular flexibility index (Phi) is 4.39. The lowest BCUT2D eigenvalue weighted by Gasteiger charge is -2.12. The molecular formula is C14H13ClO2S. The SMILES string of the molecule is COc1cccc(OC)c1Sc1ccccc1Cl. The number of hydrogen-bond acceptors (Lipinski definition) is 3. The van der Waals surface area contributed by atoms with Crippen LogP contribution in [-0.4, -0.2) is 14.2 Å². The summed E-state index contributed by atoms with van der Waals surface area (Å²) in [6.07, 6.45) is 0. The van der Waals surface area contributed by atoms with Crippen molar-refractivity contribution < 1.29 is 9.47 Å². The molecule has 94 valence electrons. The fourth-order valence-electron chi connectivity index (χ4n) is 1.56. The van der Waals surface area contributed by atoms with Gasteiger partial charge in [-0.2, -0.15) is 0 Å². The molecule has 0 amide bonds. The molecule has 0 bridgehead atoms. The van der Waals surface area contributed by atoms with Crippen molar-refractivity contribution >= 4 is 23.4 Å². The van der Waals surface area contributed by atoms with Gasteiger partial charge in [-0.05, 0) is 24.3 Å². The second-order valence-electron chi connectivity index (χ2n) is 3.52. The van der Waals surface area contributed by atoms with E-state index in [2.05, 4.69) is 0 Å². The van der Waals surface area contributed by atoms with Crippen molar-refractivity contribution in [1.29, 1.82) is 0 Å². The van der Waals surface area contributed by atoms with Crippen molar-refractivity contribution in [2.24, 2.45) is 0 Å². The van der Waals surface area contributed by atoms with Crippen molar-refractivity contribution in [3.63, 3.8) is 0 Å². The molecule has 18 heavy (non-hydrogen) atoms. The third-order valence-corrected chi connectivity index (χ3v) is 4.06. The van der Waals surface area contributed by atoms with Gasteiger partial charge >= 0.3 is 0 Å². The first-order valence-corrected chi connectivity index (χ1v) is 6.59. The second kappa shape index (κ2) is 6.03. The molecule has 0 aromatic heterocycles. The lowest BCUT2D eigenvalue weighted by molar-refractivity contribution is 0.376. The quantitative estimate of drug-likeness (QED) is 0.821. The molecule has 0 aliphatic heterocycles. The van der Waals surface area contributed by atoms with Crippen molar-refractivity contribution in [3.8, 4) is 11.5 Å². The highest BCUT2D eigenvalue weighted by Gasteiger charge is 2.12. The first kappa shape index (κ1) is 13.1. The summed E-state index contributed by atoms with van der Waals surface area (Å²) in [6, 6.07) is 13.4. The maximum atomic E-state index is 6.16. The third kappa shape index (κ3) is 2.74. The summed E-state index contributed by atoms with van der Waals surface area (Å²) in [4.78, 5) is 1.90. The average molecular weight is 281 g/mol. The van der Waals surface area contributed by atoms with E-state index in [-0.39, 0.29) is 0 Å². The van der Waals surface area contributed by atoms with Crippen LogP contribution in [0.4, 0.5) is 0 Å². The van der Waals surface area contributed by atoms with Gasteiger partial charge in [0.2, 0.25) is 0 Å². The van der Waals surface area contributed by atoms with Gasteiger partial charge in [0.05, 0.1) is 24.1 Å². The van der Waals surface area contributed by atoms with Crippen LogP contribution in [0.5, 0.6) is 11.5 Å². The molecule has 2 nitrogen and oxygen atoms in total. The second-order valence-corrected chi connectivity index (χ2v) is 4.98. The van der Waals surface area contributed by atoms with Gasteiger partial charge in [-0.15, -0.1) is 0 Å². The molecule has 2 aromatic carbocycles. The van der Waals surface area contributed by atoms with Gasteiger partial charge in [-0.1, -0.05) is 41.6 Å².